The van der Waals surface area contributed by atoms with E-state index in [1.165, 1.54) is 48.1 Å². The van der Waals surface area contributed by atoms with Crippen molar-refractivity contribution in [1.82, 2.24) is 0 Å². The van der Waals surface area contributed by atoms with Crippen LogP contribution in [0, 0.1) is 0 Å². The molecule has 0 aliphatic carbocycles. The zero-order chi connectivity index (χ0) is 27.6. The van der Waals surface area contributed by atoms with Gasteiger partial charge in [-0.1, -0.05) is 139 Å². The lowest BCUT2D eigenvalue weighted by Crippen LogP contribution is -2.11. The molecule has 5 rings (SSSR count). The van der Waals surface area contributed by atoms with Gasteiger partial charge in [0, 0.05) is 5.56 Å². The largest absolute Gasteiger partial charge is 0.174 e. The van der Waals surface area contributed by atoms with Gasteiger partial charge in [-0.05, 0) is 69.0 Å². The van der Waals surface area contributed by atoms with Crippen LogP contribution in [-0.2, 0) is 21.7 Å². The third-order valence-corrected chi connectivity index (χ3v) is 9.57. The maximum Gasteiger partial charge on any atom is 0.174 e. The molecule has 0 aliphatic heterocycles. The van der Waals surface area contributed by atoms with Crippen LogP contribution in [0.1, 0.15) is 52.7 Å². The minimum absolute atomic E-state index is 0.113. The van der Waals surface area contributed by atoms with Gasteiger partial charge >= 0.3 is 0 Å². The fourth-order valence-electron chi connectivity index (χ4n) is 5.03. The number of hydrogen-bond acceptors (Lipinski definition) is 0. The summed E-state index contributed by atoms with van der Waals surface area (Å²) in [5.41, 5.74) is 8.05. The van der Waals surface area contributed by atoms with Crippen molar-refractivity contribution in [3.05, 3.63) is 139 Å². The van der Waals surface area contributed by atoms with E-state index in [9.17, 15) is 0 Å². The topological polar surface area (TPSA) is 0 Å². The summed E-state index contributed by atoms with van der Waals surface area (Å²) in [4.78, 5) is 4.02. The molecule has 0 bridgehead atoms. The molecule has 0 aromatic heterocycles. The van der Waals surface area contributed by atoms with Crippen molar-refractivity contribution in [2.45, 2.75) is 67.1 Å². The van der Waals surface area contributed by atoms with Crippen LogP contribution in [0.4, 0.5) is 0 Å². The molecular formula is C38H39S+. The van der Waals surface area contributed by atoms with E-state index in [-0.39, 0.29) is 21.7 Å². The van der Waals surface area contributed by atoms with E-state index in [1.54, 1.807) is 0 Å². The van der Waals surface area contributed by atoms with Gasteiger partial charge in [0.15, 0.2) is 14.7 Å². The van der Waals surface area contributed by atoms with Gasteiger partial charge in [0.2, 0.25) is 0 Å². The van der Waals surface area contributed by atoms with E-state index in [0.29, 0.717) is 0 Å². The molecule has 0 atom stereocenters. The minimum Gasteiger partial charge on any atom is -0.0619 e. The Hall–Kier alpha value is -3.55. The van der Waals surface area contributed by atoms with Gasteiger partial charge in [-0.25, -0.2) is 0 Å². The van der Waals surface area contributed by atoms with Crippen LogP contribution in [0.15, 0.2) is 142 Å². The quantitative estimate of drug-likeness (QED) is 0.199. The molecule has 5 aromatic carbocycles. The predicted octanol–water partition coefficient (Wildman–Crippen LogP) is 10.7. The van der Waals surface area contributed by atoms with Crippen LogP contribution in [0.2, 0.25) is 0 Å². The van der Waals surface area contributed by atoms with Crippen LogP contribution in [-0.4, -0.2) is 0 Å². The first-order chi connectivity index (χ1) is 18.6. The third-order valence-electron chi connectivity index (χ3n) is 7.31. The SMILES string of the molecule is CC(C)(C)c1ccc(-c2cccc([S+](c3ccccc3)c3ccccc3)c2-c2ccc(C(C)(C)C)cc2)cc1. The standard InChI is InChI=1S/C38H39S/c1-37(2,3)30-24-20-28(21-25-30)34-18-13-19-35(36(34)29-22-26-31(27-23-29)38(4,5)6)39(32-14-9-7-10-15-32)33-16-11-8-12-17-33/h7-27H,1-6H3/q+1. The van der Waals surface area contributed by atoms with E-state index in [2.05, 4.69) is 169 Å². The fourth-order valence-corrected chi connectivity index (χ4v) is 7.31. The molecule has 0 saturated carbocycles. The minimum atomic E-state index is -0.252. The molecule has 0 N–H and O–H groups in total. The van der Waals surface area contributed by atoms with Crippen molar-refractivity contribution < 1.29 is 0 Å². The molecule has 0 fully saturated rings. The Kier molecular flexibility index (Phi) is 7.56. The molecule has 0 amide bonds. The zero-order valence-electron chi connectivity index (χ0n) is 24.0. The Morgan fingerprint density at radius 2 is 0.846 bits per heavy atom. The first-order valence-corrected chi connectivity index (χ1v) is 15.0. The molecule has 0 nitrogen and oxygen atoms in total. The van der Waals surface area contributed by atoms with Crippen LogP contribution in [0.25, 0.3) is 22.3 Å². The highest BCUT2D eigenvalue weighted by molar-refractivity contribution is 7.97. The Morgan fingerprint density at radius 1 is 0.410 bits per heavy atom. The highest BCUT2D eigenvalue weighted by atomic mass is 32.2. The molecule has 1 heteroatoms. The zero-order valence-corrected chi connectivity index (χ0v) is 24.8. The van der Waals surface area contributed by atoms with Crippen LogP contribution < -0.4 is 0 Å². The third kappa shape index (κ3) is 5.89. The monoisotopic (exact) mass is 527 g/mol. The summed E-state index contributed by atoms with van der Waals surface area (Å²) in [6.45, 7) is 13.7. The summed E-state index contributed by atoms with van der Waals surface area (Å²) in [5.74, 6) is 0. The van der Waals surface area contributed by atoms with E-state index in [1.807, 2.05) is 0 Å². The molecule has 0 unspecified atom stereocenters. The van der Waals surface area contributed by atoms with E-state index < -0.39 is 0 Å². The second-order valence-electron chi connectivity index (χ2n) is 12.3. The molecule has 0 saturated heterocycles. The molecule has 39 heavy (non-hydrogen) atoms. The van der Waals surface area contributed by atoms with Gasteiger partial charge in [-0.3, -0.25) is 0 Å². The Morgan fingerprint density at radius 3 is 1.28 bits per heavy atom. The van der Waals surface area contributed by atoms with Crippen molar-refractivity contribution in [2.24, 2.45) is 0 Å². The lowest BCUT2D eigenvalue weighted by Gasteiger charge is -2.21. The summed E-state index contributed by atoms with van der Waals surface area (Å²) >= 11 is 0. The highest BCUT2D eigenvalue weighted by Gasteiger charge is 2.33. The average Bonchev–Trinajstić information content (AvgIpc) is 2.93. The summed E-state index contributed by atoms with van der Waals surface area (Å²) in [6.07, 6.45) is 0. The molecule has 196 valence electrons. The summed E-state index contributed by atoms with van der Waals surface area (Å²) in [5, 5.41) is 0. The predicted molar refractivity (Wildman–Crippen MR) is 170 cm³/mol. The molecule has 0 radical (unpaired) electrons. The Balaban J connectivity index is 1.77. The van der Waals surface area contributed by atoms with Gasteiger partial charge < -0.3 is 0 Å². The van der Waals surface area contributed by atoms with E-state index in [4.69, 9.17) is 0 Å². The summed E-state index contributed by atoms with van der Waals surface area (Å²) in [6, 6.07) is 47.2. The number of benzene rings is 5. The normalized spacial score (nSPS) is 12.1. The van der Waals surface area contributed by atoms with Gasteiger partial charge in [-0.15, -0.1) is 0 Å². The van der Waals surface area contributed by atoms with Gasteiger partial charge in [0.05, 0.1) is 10.9 Å². The maximum atomic E-state index is 2.34. The lowest BCUT2D eigenvalue weighted by molar-refractivity contribution is 0.590. The second-order valence-corrected chi connectivity index (χ2v) is 14.3. The summed E-state index contributed by atoms with van der Waals surface area (Å²) in [7, 11) is -0.252. The fraction of sp³-hybridized carbons (Fsp3) is 0.211. The van der Waals surface area contributed by atoms with Gasteiger partial charge in [0.1, 0.15) is 0 Å². The summed E-state index contributed by atoms with van der Waals surface area (Å²) < 4.78 is 0. The highest BCUT2D eigenvalue weighted by Crippen LogP contribution is 2.43. The Labute approximate surface area is 238 Å². The first kappa shape index (κ1) is 27.0. The molecule has 5 aromatic rings. The van der Waals surface area contributed by atoms with Gasteiger partial charge in [-0.2, -0.15) is 0 Å². The number of hydrogen-bond donors (Lipinski definition) is 0. The molecule has 0 aliphatic rings. The van der Waals surface area contributed by atoms with Crippen LogP contribution >= 0.6 is 0 Å². The maximum absolute atomic E-state index is 2.34. The van der Waals surface area contributed by atoms with Gasteiger partial charge in [0.25, 0.3) is 0 Å². The lowest BCUT2D eigenvalue weighted by atomic mass is 9.84. The number of rotatable bonds is 5. The Bertz CT molecular complexity index is 1480. The van der Waals surface area contributed by atoms with Crippen molar-refractivity contribution in [3.8, 4) is 22.3 Å². The van der Waals surface area contributed by atoms with Crippen molar-refractivity contribution in [1.29, 1.82) is 0 Å². The van der Waals surface area contributed by atoms with Crippen LogP contribution in [0.5, 0.6) is 0 Å². The second kappa shape index (κ2) is 10.9. The first-order valence-electron chi connectivity index (χ1n) is 13.8. The van der Waals surface area contributed by atoms with Crippen molar-refractivity contribution in [2.75, 3.05) is 0 Å². The smallest absolute Gasteiger partial charge is 0.0619 e. The van der Waals surface area contributed by atoms with Crippen molar-refractivity contribution >= 4 is 10.9 Å². The average molecular weight is 528 g/mol. The van der Waals surface area contributed by atoms with E-state index in [0.717, 1.165) is 0 Å². The molecular weight excluding hydrogens is 488 g/mol. The van der Waals surface area contributed by atoms with Crippen molar-refractivity contribution in [3.63, 3.8) is 0 Å². The van der Waals surface area contributed by atoms with E-state index >= 15 is 0 Å². The molecule has 0 heterocycles. The van der Waals surface area contributed by atoms with Crippen LogP contribution in [0.3, 0.4) is 0 Å². The molecule has 0 spiro atoms.